The van der Waals surface area contributed by atoms with Gasteiger partial charge < -0.3 is 9.64 Å². The minimum Gasteiger partial charge on any atom is -0.464 e. The quantitative estimate of drug-likeness (QED) is 0.483. The van der Waals surface area contributed by atoms with Crippen molar-refractivity contribution in [1.82, 2.24) is 5.43 Å². The molecule has 136 valence electrons. The summed E-state index contributed by atoms with van der Waals surface area (Å²) in [5.41, 5.74) is 2.88. The molecule has 0 bridgehead atoms. The van der Waals surface area contributed by atoms with E-state index < -0.39 is 17.3 Å². The number of hydrazone groups is 1. The summed E-state index contributed by atoms with van der Waals surface area (Å²) in [5.74, 6) is -1.41. The highest BCUT2D eigenvalue weighted by atomic mass is 16.5. The number of hydrogen-bond donors (Lipinski definition) is 1. The van der Waals surface area contributed by atoms with Gasteiger partial charge in [0, 0.05) is 30.8 Å². The Labute approximate surface area is 148 Å². The Morgan fingerprint density at radius 3 is 2.12 bits per heavy atom. The normalized spacial score (nSPS) is 11.7. The number of benzene rings is 1. The highest BCUT2D eigenvalue weighted by Gasteiger charge is 2.26. The second-order valence-electron chi connectivity index (χ2n) is 6.78. The third-order valence-corrected chi connectivity index (χ3v) is 3.52. The maximum atomic E-state index is 12.2. The molecule has 0 aliphatic rings. The van der Waals surface area contributed by atoms with Gasteiger partial charge in [-0.3, -0.25) is 9.59 Å². The molecule has 0 fully saturated rings. The lowest BCUT2D eigenvalue weighted by Crippen LogP contribution is -2.30. The minimum atomic E-state index is -0.749. The molecule has 1 amide bonds. The number of esters is 1. The van der Waals surface area contributed by atoms with E-state index in [0.717, 1.165) is 5.69 Å². The molecule has 1 N–H and O–H groups in total. The average Bonchev–Trinajstić information content (AvgIpc) is 2.56. The molecule has 0 aliphatic carbocycles. The lowest BCUT2D eigenvalue weighted by Gasteiger charge is -2.16. The third kappa shape index (κ3) is 6.02. The largest absolute Gasteiger partial charge is 0.464 e. The molecule has 0 spiro atoms. The van der Waals surface area contributed by atoms with Gasteiger partial charge in [-0.05, 0) is 24.3 Å². The van der Waals surface area contributed by atoms with Gasteiger partial charge in [-0.25, -0.2) is 10.2 Å². The van der Waals surface area contributed by atoms with Crippen molar-refractivity contribution in [2.75, 3.05) is 26.1 Å². The standard InChI is InChI=1S/C18H25N3O4/c1-18(2,3)15(22)11-14(17(24)25-6)19-20-16(23)12-7-9-13(10-8-12)21(4)5/h7-10H,11H2,1-6H3,(H,20,23)/b19-14-. The lowest BCUT2D eigenvalue weighted by molar-refractivity contribution is -0.134. The zero-order valence-electron chi connectivity index (χ0n) is 15.5. The van der Waals surface area contributed by atoms with E-state index in [1.165, 1.54) is 7.11 Å². The van der Waals surface area contributed by atoms with Crippen molar-refractivity contribution >= 4 is 29.1 Å². The zero-order chi connectivity index (χ0) is 19.2. The molecule has 1 aromatic rings. The summed E-state index contributed by atoms with van der Waals surface area (Å²) in [6.45, 7) is 5.24. The first-order valence-electron chi connectivity index (χ1n) is 7.82. The van der Waals surface area contributed by atoms with Crippen LogP contribution in [0.4, 0.5) is 5.69 Å². The van der Waals surface area contributed by atoms with Gasteiger partial charge in [0.1, 0.15) is 5.78 Å². The van der Waals surface area contributed by atoms with Crippen molar-refractivity contribution in [2.45, 2.75) is 27.2 Å². The molecule has 7 nitrogen and oxygen atoms in total. The molecule has 0 saturated carbocycles. The Kier molecular flexibility index (Phi) is 6.85. The van der Waals surface area contributed by atoms with Crippen LogP contribution < -0.4 is 10.3 Å². The number of carbonyl (C=O) groups excluding carboxylic acids is 3. The number of amides is 1. The number of carbonyl (C=O) groups is 3. The summed E-state index contributed by atoms with van der Waals surface area (Å²) < 4.78 is 4.63. The first kappa shape index (κ1) is 20.3. The van der Waals surface area contributed by atoms with Crippen LogP contribution in [0.3, 0.4) is 0 Å². The molecule has 0 aliphatic heterocycles. The molecule has 25 heavy (non-hydrogen) atoms. The Morgan fingerprint density at radius 2 is 1.68 bits per heavy atom. The van der Waals surface area contributed by atoms with Crippen molar-refractivity contribution in [2.24, 2.45) is 10.5 Å². The SMILES string of the molecule is COC(=O)/C(CC(=O)C(C)(C)C)=N\NC(=O)c1ccc(N(C)C)cc1. The number of ketones is 1. The molecule has 0 saturated heterocycles. The predicted molar refractivity (Wildman–Crippen MR) is 96.8 cm³/mol. The van der Waals surface area contributed by atoms with E-state index in [2.05, 4.69) is 15.3 Å². The molecule has 1 rings (SSSR count). The fraction of sp³-hybridized carbons (Fsp3) is 0.444. The molecule has 0 unspecified atom stereocenters. The smallest absolute Gasteiger partial charge is 0.354 e. The fourth-order valence-electron chi connectivity index (χ4n) is 1.79. The molecule has 0 aromatic heterocycles. The highest BCUT2D eigenvalue weighted by molar-refractivity contribution is 6.40. The van der Waals surface area contributed by atoms with Gasteiger partial charge in [-0.2, -0.15) is 5.10 Å². The average molecular weight is 347 g/mol. The van der Waals surface area contributed by atoms with E-state index in [1.807, 2.05) is 19.0 Å². The number of nitrogens with zero attached hydrogens (tertiary/aromatic N) is 2. The van der Waals surface area contributed by atoms with Crippen LogP contribution in [-0.4, -0.2) is 44.6 Å². The Hall–Kier alpha value is -2.70. The molecule has 0 radical (unpaired) electrons. The second kappa shape index (κ2) is 8.41. The van der Waals surface area contributed by atoms with E-state index in [4.69, 9.17) is 0 Å². The number of methoxy groups -OCH3 is 1. The van der Waals surface area contributed by atoms with Gasteiger partial charge in [-0.15, -0.1) is 0 Å². The monoisotopic (exact) mass is 347 g/mol. The maximum absolute atomic E-state index is 12.2. The number of ether oxygens (including phenoxy) is 1. The van der Waals surface area contributed by atoms with Gasteiger partial charge in [-0.1, -0.05) is 20.8 Å². The zero-order valence-corrected chi connectivity index (χ0v) is 15.5. The van der Waals surface area contributed by atoms with E-state index in [0.29, 0.717) is 5.56 Å². The summed E-state index contributed by atoms with van der Waals surface area (Å²) in [5, 5.41) is 3.79. The minimum absolute atomic E-state index is 0.138. The van der Waals surface area contributed by atoms with Gasteiger partial charge in [0.2, 0.25) is 0 Å². The van der Waals surface area contributed by atoms with Gasteiger partial charge in [0.25, 0.3) is 5.91 Å². The van der Waals surface area contributed by atoms with Crippen molar-refractivity contribution in [3.05, 3.63) is 29.8 Å². The number of nitrogens with one attached hydrogen (secondary N) is 1. The summed E-state index contributed by atoms with van der Waals surface area (Å²) in [4.78, 5) is 38.0. The van der Waals surface area contributed by atoms with E-state index in [9.17, 15) is 14.4 Å². The Balaban J connectivity index is 2.90. The van der Waals surface area contributed by atoms with Crippen LogP contribution in [-0.2, 0) is 14.3 Å². The summed E-state index contributed by atoms with van der Waals surface area (Å²) in [6.07, 6.45) is -0.212. The number of rotatable bonds is 6. The third-order valence-electron chi connectivity index (χ3n) is 3.52. The summed E-state index contributed by atoms with van der Waals surface area (Å²) in [6, 6.07) is 6.89. The van der Waals surface area contributed by atoms with Crippen LogP contribution >= 0.6 is 0 Å². The molecule has 1 aromatic carbocycles. The summed E-state index contributed by atoms with van der Waals surface area (Å²) in [7, 11) is 4.99. The first-order chi connectivity index (χ1) is 11.6. The Morgan fingerprint density at radius 1 is 1.12 bits per heavy atom. The predicted octanol–water partition coefficient (Wildman–Crippen LogP) is 2.02. The molecular weight excluding hydrogens is 322 g/mol. The maximum Gasteiger partial charge on any atom is 0.354 e. The Bertz CT molecular complexity index is 671. The number of Topliss-reactive ketones (excluding diaryl/α,β-unsaturated/α-hetero) is 1. The van der Waals surface area contributed by atoms with E-state index >= 15 is 0 Å². The van der Waals surface area contributed by atoms with Crippen molar-refractivity contribution < 1.29 is 19.1 Å². The van der Waals surface area contributed by atoms with Crippen LogP contribution in [0.2, 0.25) is 0 Å². The summed E-state index contributed by atoms with van der Waals surface area (Å²) >= 11 is 0. The fourth-order valence-corrected chi connectivity index (χ4v) is 1.79. The molecular formula is C18H25N3O4. The van der Waals surface area contributed by atoms with Crippen molar-refractivity contribution in [1.29, 1.82) is 0 Å². The van der Waals surface area contributed by atoms with Crippen LogP contribution in [0.5, 0.6) is 0 Å². The first-order valence-corrected chi connectivity index (χ1v) is 7.82. The van der Waals surface area contributed by atoms with Crippen molar-refractivity contribution in [3.8, 4) is 0 Å². The highest BCUT2D eigenvalue weighted by Crippen LogP contribution is 2.17. The topological polar surface area (TPSA) is 88.1 Å². The van der Waals surface area contributed by atoms with Crippen molar-refractivity contribution in [3.63, 3.8) is 0 Å². The molecule has 0 atom stereocenters. The molecule has 0 heterocycles. The van der Waals surface area contributed by atoms with Crippen LogP contribution in [0, 0.1) is 5.41 Å². The van der Waals surface area contributed by atoms with Gasteiger partial charge in [0.15, 0.2) is 5.71 Å². The van der Waals surface area contributed by atoms with E-state index in [-0.39, 0.29) is 17.9 Å². The number of hydrogen-bond acceptors (Lipinski definition) is 6. The van der Waals surface area contributed by atoms with Crippen LogP contribution in [0.15, 0.2) is 29.4 Å². The number of anilines is 1. The van der Waals surface area contributed by atoms with Crippen LogP contribution in [0.25, 0.3) is 0 Å². The van der Waals surface area contributed by atoms with Crippen LogP contribution in [0.1, 0.15) is 37.6 Å². The lowest BCUT2D eigenvalue weighted by atomic mass is 9.88. The molecule has 7 heteroatoms. The van der Waals surface area contributed by atoms with E-state index in [1.54, 1.807) is 45.0 Å². The van der Waals surface area contributed by atoms with Gasteiger partial charge >= 0.3 is 5.97 Å². The van der Waals surface area contributed by atoms with Gasteiger partial charge in [0.05, 0.1) is 13.5 Å². The second-order valence-corrected chi connectivity index (χ2v) is 6.78.